The number of hydrogen-bond donors (Lipinski definition) is 0. The van der Waals surface area contributed by atoms with Crippen LogP contribution in [0.5, 0.6) is 0 Å². The topological polar surface area (TPSA) is 12.5 Å². The molecule has 0 unspecified atom stereocenters. The lowest BCUT2D eigenvalue weighted by Gasteiger charge is -2.29. The highest BCUT2D eigenvalue weighted by molar-refractivity contribution is 6.31. The molecule has 0 amide bonds. The number of benzene rings is 1. The second-order valence-electron chi connectivity index (χ2n) is 4.46. The molecule has 0 bridgehead atoms. The maximum atomic E-state index is 6.19. The van der Waals surface area contributed by atoms with E-state index in [1.165, 1.54) is 11.3 Å². The van der Waals surface area contributed by atoms with E-state index in [9.17, 15) is 0 Å². The zero-order valence-electron chi connectivity index (χ0n) is 9.87. The third-order valence-corrected chi connectivity index (χ3v) is 3.32. The molecule has 0 spiro atoms. The summed E-state index contributed by atoms with van der Waals surface area (Å²) in [5, 5.41) is 0.868. The van der Waals surface area contributed by atoms with Crippen molar-refractivity contribution in [2.45, 2.75) is 19.8 Å². The Morgan fingerprint density at radius 2 is 1.94 bits per heavy atom. The van der Waals surface area contributed by atoms with Crippen LogP contribution in [0.25, 0.3) is 0 Å². The summed E-state index contributed by atoms with van der Waals surface area (Å²) < 4.78 is 5.35. The van der Waals surface area contributed by atoms with Gasteiger partial charge in [-0.15, -0.1) is 0 Å². The van der Waals surface area contributed by atoms with Gasteiger partial charge in [0.1, 0.15) is 0 Å². The largest absolute Gasteiger partial charge is 0.378 e. The van der Waals surface area contributed by atoms with Gasteiger partial charge in [0.2, 0.25) is 0 Å². The van der Waals surface area contributed by atoms with E-state index in [0.29, 0.717) is 5.92 Å². The number of morpholine rings is 1. The number of halogens is 1. The fraction of sp³-hybridized carbons (Fsp3) is 0.538. The quantitative estimate of drug-likeness (QED) is 0.785. The SMILES string of the molecule is CC(C)c1cc(N2CCOCC2)ccc1Cl. The zero-order valence-corrected chi connectivity index (χ0v) is 10.6. The van der Waals surface area contributed by atoms with Gasteiger partial charge in [0, 0.05) is 23.8 Å². The first-order chi connectivity index (χ1) is 7.68. The van der Waals surface area contributed by atoms with Crippen LogP contribution in [-0.4, -0.2) is 26.3 Å². The molecule has 1 aliphatic heterocycles. The highest BCUT2D eigenvalue weighted by Gasteiger charge is 2.13. The molecule has 0 N–H and O–H groups in total. The van der Waals surface area contributed by atoms with E-state index >= 15 is 0 Å². The van der Waals surface area contributed by atoms with Crippen molar-refractivity contribution in [2.24, 2.45) is 0 Å². The van der Waals surface area contributed by atoms with Gasteiger partial charge in [-0.05, 0) is 29.7 Å². The van der Waals surface area contributed by atoms with E-state index in [-0.39, 0.29) is 0 Å². The van der Waals surface area contributed by atoms with E-state index in [0.717, 1.165) is 31.3 Å². The molecule has 1 heterocycles. The van der Waals surface area contributed by atoms with Crippen molar-refractivity contribution >= 4 is 17.3 Å². The van der Waals surface area contributed by atoms with E-state index < -0.39 is 0 Å². The first-order valence-electron chi connectivity index (χ1n) is 5.80. The minimum absolute atomic E-state index is 0.466. The van der Waals surface area contributed by atoms with Crippen molar-refractivity contribution in [2.75, 3.05) is 31.2 Å². The fourth-order valence-corrected chi connectivity index (χ4v) is 2.33. The normalized spacial score (nSPS) is 16.9. The number of nitrogens with zero attached hydrogens (tertiary/aromatic N) is 1. The molecule has 1 aliphatic rings. The third kappa shape index (κ3) is 2.50. The maximum absolute atomic E-state index is 6.19. The first kappa shape index (κ1) is 11.7. The molecule has 1 aromatic rings. The van der Waals surface area contributed by atoms with Crippen LogP contribution in [0.15, 0.2) is 18.2 Å². The van der Waals surface area contributed by atoms with Gasteiger partial charge in [-0.3, -0.25) is 0 Å². The maximum Gasteiger partial charge on any atom is 0.0642 e. The molecule has 2 rings (SSSR count). The molecule has 1 saturated heterocycles. The lowest BCUT2D eigenvalue weighted by atomic mass is 10.0. The molecule has 0 atom stereocenters. The molecule has 0 radical (unpaired) electrons. The zero-order chi connectivity index (χ0) is 11.5. The summed E-state index contributed by atoms with van der Waals surface area (Å²) in [7, 11) is 0. The van der Waals surface area contributed by atoms with Gasteiger partial charge in [-0.2, -0.15) is 0 Å². The summed E-state index contributed by atoms with van der Waals surface area (Å²) in [6.45, 7) is 7.92. The Bertz CT molecular complexity index is 359. The van der Waals surface area contributed by atoms with Gasteiger partial charge >= 0.3 is 0 Å². The van der Waals surface area contributed by atoms with Crippen LogP contribution in [-0.2, 0) is 4.74 Å². The van der Waals surface area contributed by atoms with Gasteiger partial charge in [-0.25, -0.2) is 0 Å². The predicted molar refractivity (Wildman–Crippen MR) is 68.6 cm³/mol. The Kier molecular flexibility index (Phi) is 3.72. The number of hydrogen-bond acceptors (Lipinski definition) is 2. The van der Waals surface area contributed by atoms with Crippen molar-refractivity contribution < 1.29 is 4.74 Å². The minimum Gasteiger partial charge on any atom is -0.378 e. The van der Waals surface area contributed by atoms with Gasteiger partial charge in [0.05, 0.1) is 13.2 Å². The Balaban J connectivity index is 2.24. The summed E-state index contributed by atoms with van der Waals surface area (Å²) in [6, 6.07) is 6.31. The Morgan fingerprint density at radius 3 is 2.56 bits per heavy atom. The Labute approximate surface area is 102 Å². The second-order valence-corrected chi connectivity index (χ2v) is 4.87. The van der Waals surface area contributed by atoms with Crippen LogP contribution in [0, 0.1) is 0 Å². The Morgan fingerprint density at radius 1 is 1.25 bits per heavy atom. The van der Waals surface area contributed by atoms with Gasteiger partial charge in [0.25, 0.3) is 0 Å². The molecule has 1 aromatic carbocycles. The summed E-state index contributed by atoms with van der Waals surface area (Å²) in [5.74, 6) is 0.466. The molecule has 16 heavy (non-hydrogen) atoms. The smallest absolute Gasteiger partial charge is 0.0642 e. The predicted octanol–water partition coefficient (Wildman–Crippen LogP) is 3.30. The van der Waals surface area contributed by atoms with Gasteiger partial charge < -0.3 is 9.64 Å². The third-order valence-electron chi connectivity index (χ3n) is 2.98. The van der Waals surface area contributed by atoms with Crippen LogP contribution < -0.4 is 4.90 Å². The molecule has 3 heteroatoms. The summed E-state index contributed by atoms with van der Waals surface area (Å²) in [6.07, 6.45) is 0. The summed E-state index contributed by atoms with van der Waals surface area (Å²) in [5.41, 5.74) is 2.49. The molecule has 0 aromatic heterocycles. The molecule has 88 valence electrons. The average molecular weight is 240 g/mol. The number of anilines is 1. The Hall–Kier alpha value is -0.730. The van der Waals surface area contributed by atoms with Gasteiger partial charge in [0.15, 0.2) is 0 Å². The number of rotatable bonds is 2. The van der Waals surface area contributed by atoms with Crippen LogP contribution in [0.3, 0.4) is 0 Å². The van der Waals surface area contributed by atoms with E-state index in [1.54, 1.807) is 0 Å². The summed E-state index contributed by atoms with van der Waals surface area (Å²) >= 11 is 6.19. The first-order valence-corrected chi connectivity index (χ1v) is 6.18. The van der Waals surface area contributed by atoms with E-state index in [4.69, 9.17) is 16.3 Å². The average Bonchev–Trinajstić information content (AvgIpc) is 2.30. The standard InChI is InChI=1S/C13H18ClNO/c1-10(2)12-9-11(3-4-13(12)14)15-5-7-16-8-6-15/h3-4,9-10H,5-8H2,1-2H3. The van der Waals surface area contributed by atoms with Crippen molar-refractivity contribution in [3.8, 4) is 0 Å². The van der Waals surface area contributed by atoms with Crippen molar-refractivity contribution in [3.63, 3.8) is 0 Å². The lowest BCUT2D eigenvalue weighted by Crippen LogP contribution is -2.36. The molecule has 2 nitrogen and oxygen atoms in total. The van der Waals surface area contributed by atoms with Crippen molar-refractivity contribution in [1.82, 2.24) is 0 Å². The number of ether oxygens (including phenoxy) is 1. The monoisotopic (exact) mass is 239 g/mol. The van der Waals surface area contributed by atoms with Crippen LogP contribution >= 0.6 is 11.6 Å². The van der Waals surface area contributed by atoms with E-state index in [1.807, 2.05) is 6.07 Å². The van der Waals surface area contributed by atoms with Crippen LogP contribution in [0.1, 0.15) is 25.3 Å². The van der Waals surface area contributed by atoms with Gasteiger partial charge in [-0.1, -0.05) is 25.4 Å². The van der Waals surface area contributed by atoms with Crippen molar-refractivity contribution in [1.29, 1.82) is 0 Å². The molecule has 1 fully saturated rings. The lowest BCUT2D eigenvalue weighted by molar-refractivity contribution is 0.122. The molecular formula is C13H18ClNO. The van der Waals surface area contributed by atoms with Crippen LogP contribution in [0.4, 0.5) is 5.69 Å². The molecule has 0 aliphatic carbocycles. The highest BCUT2D eigenvalue weighted by atomic mass is 35.5. The van der Waals surface area contributed by atoms with Crippen LogP contribution in [0.2, 0.25) is 5.02 Å². The fourth-order valence-electron chi connectivity index (χ4n) is 1.99. The highest BCUT2D eigenvalue weighted by Crippen LogP contribution is 2.29. The molecular weight excluding hydrogens is 222 g/mol. The van der Waals surface area contributed by atoms with Crippen molar-refractivity contribution in [3.05, 3.63) is 28.8 Å². The summed E-state index contributed by atoms with van der Waals surface area (Å²) in [4.78, 5) is 2.35. The van der Waals surface area contributed by atoms with E-state index in [2.05, 4.69) is 30.9 Å². The minimum atomic E-state index is 0.466. The molecule has 0 saturated carbocycles. The second kappa shape index (κ2) is 5.07.